The van der Waals surface area contributed by atoms with E-state index < -0.39 is 10.0 Å². The van der Waals surface area contributed by atoms with Crippen molar-refractivity contribution in [2.45, 2.75) is 37.9 Å². The number of hydrogen-bond acceptors (Lipinski definition) is 5. The largest absolute Gasteiger partial charge is 0.463 e. The molecule has 1 aromatic rings. The summed E-state index contributed by atoms with van der Waals surface area (Å²) in [5, 5.41) is 5.91. The van der Waals surface area contributed by atoms with Crippen molar-refractivity contribution >= 4 is 16.0 Å². The van der Waals surface area contributed by atoms with Crippen molar-refractivity contribution in [2.75, 3.05) is 11.3 Å². The molecule has 0 atom stereocenters. The topological polar surface area (TPSA) is 97.0 Å². The zero-order valence-electron chi connectivity index (χ0n) is 9.64. The van der Waals surface area contributed by atoms with Gasteiger partial charge in [0.2, 0.25) is 16.0 Å². The van der Waals surface area contributed by atoms with E-state index in [1.165, 1.54) is 0 Å². The molecule has 2 N–H and O–H groups in total. The highest BCUT2D eigenvalue weighted by Gasteiger charge is 2.29. The van der Waals surface area contributed by atoms with Gasteiger partial charge in [-0.3, -0.25) is 4.72 Å². The molecule has 0 aromatic carbocycles. The van der Waals surface area contributed by atoms with Crippen molar-refractivity contribution in [3.63, 3.8) is 0 Å². The van der Waals surface area contributed by atoms with Gasteiger partial charge in [-0.15, -0.1) is 5.10 Å². The molecule has 2 rings (SSSR count). The molecule has 1 aliphatic rings. The normalized spacial score (nSPS) is 17.2. The Hall–Kier alpha value is -1.31. The zero-order valence-corrected chi connectivity index (χ0v) is 10.5. The first-order valence-electron chi connectivity index (χ1n) is 5.68. The van der Waals surface area contributed by atoms with Crippen molar-refractivity contribution in [1.29, 1.82) is 0 Å². The third-order valence-electron chi connectivity index (χ3n) is 2.72. The molecule has 1 aliphatic carbocycles. The molecule has 96 valence electrons. The van der Waals surface area contributed by atoms with E-state index in [0.717, 1.165) is 12.8 Å². The second kappa shape index (κ2) is 4.91. The monoisotopic (exact) mass is 260 g/mol. The van der Waals surface area contributed by atoms with Crippen LogP contribution in [0.3, 0.4) is 0 Å². The molecule has 1 saturated carbocycles. The summed E-state index contributed by atoms with van der Waals surface area (Å²) in [6, 6.07) is 0.150. The van der Waals surface area contributed by atoms with Crippen LogP contribution in [-0.2, 0) is 10.0 Å². The third-order valence-corrected chi connectivity index (χ3v) is 4.55. The number of nitrogens with one attached hydrogen (secondary N) is 2. The average molecular weight is 260 g/mol. The van der Waals surface area contributed by atoms with E-state index in [4.69, 9.17) is 4.74 Å². The second-order valence-electron chi connectivity index (χ2n) is 3.95. The van der Waals surface area contributed by atoms with Crippen molar-refractivity contribution in [3.8, 4) is 6.01 Å². The molecule has 1 heterocycles. The lowest BCUT2D eigenvalue weighted by Gasteiger charge is -2.10. The fraction of sp³-hybridized carbons (Fsp3) is 0.778. The van der Waals surface area contributed by atoms with Gasteiger partial charge < -0.3 is 4.74 Å². The SMILES string of the molecule is CCOc1n[nH]c(NS(=O)(=O)C2CCCC2)n1. The predicted octanol–water partition coefficient (Wildman–Crippen LogP) is 0.888. The summed E-state index contributed by atoms with van der Waals surface area (Å²) in [5.74, 6) is 0.111. The Bertz CT molecular complexity index is 464. The minimum Gasteiger partial charge on any atom is -0.463 e. The van der Waals surface area contributed by atoms with Crippen LogP contribution in [-0.4, -0.2) is 35.5 Å². The Kier molecular flexibility index (Phi) is 3.51. The van der Waals surface area contributed by atoms with Gasteiger partial charge in [0.15, 0.2) is 0 Å². The van der Waals surface area contributed by atoms with Crippen LogP contribution in [0.5, 0.6) is 6.01 Å². The smallest absolute Gasteiger partial charge is 0.337 e. The maximum absolute atomic E-state index is 11.9. The van der Waals surface area contributed by atoms with E-state index >= 15 is 0 Å². The van der Waals surface area contributed by atoms with Gasteiger partial charge in [0.1, 0.15) is 0 Å². The summed E-state index contributed by atoms with van der Waals surface area (Å²) in [6.45, 7) is 2.24. The predicted molar refractivity (Wildman–Crippen MR) is 62.4 cm³/mol. The lowest BCUT2D eigenvalue weighted by atomic mass is 10.4. The van der Waals surface area contributed by atoms with Crippen molar-refractivity contribution in [2.24, 2.45) is 0 Å². The minimum atomic E-state index is -3.35. The van der Waals surface area contributed by atoms with Gasteiger partial charge in [-0.25, -0.2) is 13.5 Å². The quantitative estimate of drug-likeness (QED) is 0.819. The number of aromatic nitrogens is 3. The Morgan fingerprint density at radius 3 is 2.82 bits per heavy atom. The Balaban J connectivity index is 2.03. The van der Waals surface area contributed by atoms with E-state index in [2.05, 4.69) is 19.9 Å². The molecule has 0 bridgehead atoms. The molecule has 7 nitrogen and oxygen atoms in total. The summed E-state index contributed by atoms with van der Waals surface area (Å²) in [7, 11) is -3.35. The van der Waals surface area contributed by atoms with Crippen LogP contribution in [0.25, 0.3) is 0 Å². The van der Waals surface area contributed by atoms with Gasteiger partial charge in [0, 0.05) is 0 Å². The number of aromatic amines is 1. The second-order valence-corrected chi connectivity index (χ2v) is 5.91. The van der Waals surface area contributed by atoms with Crippen LogP contribution in [0.4, 0.5) is 5.95 Å². The fourth-order valence-electron chi connectivity index (χ4n) is 1.90. The highest BCUT2D eigenvalue weighted by Crippen LogP contribution is 2.25. The van der Waals surface area contributed by atoms with Crippen molar-refractivity contribution < 1.29 is 13.2 Å². The summed E-state index contributed by atoms with van der Waals surface area (Å²) < 4.78 is 31.3. The number of sulfonamides is 1. The number of hydrogen-bond donors (Lipinski definition) is 2. The Morgan fingerprint density at radius 1 is 1.47 bits per heavy atom. The maximum atomic E-state index is 11.9. The molecule has 1 fully saturated rings. The first-order chi connectivity index (χ1) is 8.12. The van der Waals surface area contributed by atoms with Crippen LogP contribution < -0.4 is 9.46 Å². The Morgan fingerprint density at radius 2 is 2.18 bits per heavy atom. The number of ether oxygens (including phenoxy) is 1. The van der Waals surface area contributed by atoms with Gasteiger partial charge >= 0.3 is 6.01 Å². The molecule has 0 saturated heterocycles. The van der Waals surface area contributed by atoms with Crippen LogP contribution in [0, 0.1) is 0 Å². The molecule has 0 spiro atoms. The standard InChI is InChI=1S/C9H16N4O3S/c1-2-16-9-10-8(11-12-9)13-17(14,15)7-5-3-4-6-7/h7H,2-6H2,1H3,(H2,10,11,12,13). The van der Waals surface area contributed by atoms with Gasteiger partial charge in [0.25, 0.3) is 0 Å². The fourth-order valence-corrected chi connectivity index (χ4v) is 3.38. The molecule has 17 heavy (non-hydrogen) atoms. The molecule has 1 aromatic heterocycles. The molecular weight excluding hydrogens is 244 g/mol. The molecule has 8 heteroatoms. The van der Waals surface area contributed by atoms with Crippen LogP contribution in [0.15, 0.2) is 0 Å². The maximum Gasteiger partial charge on any atom is 0.337 e. The van der Waals surface area contributed by atoms with Crippen molar-refractivity contribution in [3.05, 3.63) is 0 Å². The zero-order chi connectivity index (χ0) is 12.3. The summed E-state index contributed by atoms with van der Waals surface area (Å²) in [5.41, 5.74) is 0. The molecular formula is C9H16N4O3S. The summed E-state index contributed by atoms with van der Waals surface area (Å²) in [6.07, 6.45) is 3.35. The molecule has 0 amide bonds. The first-order valence-corrected chi connectivity index (χ1v) is 7.23. The van der Waals surface area contributed by atoms with E-state index in [9.17, 15) is 8.42 Å². The van der Waals surface area contributed by atoms with E-state index in [-0.39, 0.29) is 17.2 Å². The highest BCUT2D eigenvalue weighted by atomic mass is 32.2. The minimum absolute atomic E-state index is 0.111. The van der Waals surface area contributed by atoms with Crippen LogP contribution in [0.1, 0.15) is 32.6 Å². The van der Waals surface area contributed by atoms with Crippen molar-refractivity contribution in [1.82, 2.24) is 15.2 Å². The summed E-state index contributed by atoms with van der Waals surface area (Å²) >= 11 is 0. The lowest BCUT2D eigenvalue weighted by molar-refractivity contribution is 0.314. The number of anilines is 1. The first kappa shape index (κ1) is 12.2. The number of nitrogens with zero attached hydrogens (tertiary/aromatic N) is 2. The lowest BCUT2D eigenvalue weighted by Crippen LogP contribution is -2.25. The van der Waals surface area contributed by atoms with Gasteiger partial charge in [0.05, 0.1) is 11.9 Å². The van der Waals surface area contributed by atoms with E-state index in [0.29, 0.717) is 19.4 Å². The molecule has 0 aliphatic heterocycles. The number of H-pyrrole nitrogens is 1. The van der Waals surface area contributed by atoms with E-state index in [1.807, 2.05) is 0 Å². The van der Waals surface area contributed by atoms with Gasteiger partial charge in [-0.2, -0.15) is 4.98 Å². The van der Waals surface area contributed by atoms with Crippen LogP contribution in [0.2, 0.25) is 0 Å². The van der Waals surface area contributed by atoms with E-state index in [1.54, 1.807) is 6.92 Å². The molecule has 0 unspecified atom stereocenters. The van der Waals surface area contributed by atoms with Crippen LogP contribution >= 0.6 is 0 Å². The molecule has 0 radical (unpaired) electrons. The third kappa shape index (κ3) is 2.87. The highest BCUT2D eigenvalue weighted by molar-refractivity contribution is 7.93. The summed E-state index contributed by atoms with van der Waals surface area (Å²) in [4.78, 5) is 3.88. The number of rotatable bonds is 5. The van der Waals surface area contributed by atoms with Gasteiger partial charge in [-0.05, 0) is 19.8 Å². The van der Waals surface area contributed by atoms with Gasteiger partial charge in [-0.1, -0.05) is 12.8 Å². The Labute approximate surface area is 100 Å². The average Bonchev–Trinajstić information content (AvgIpc) is 2.88.